The van der Waals surface area contributed by atoms with Crippen molar-refractivity contribution >= 4 is 28.2 Å². The van der Waals surface area contributed by atoms with E-state index in [1.165, 1.54) is 5.56 Å². The predicted molar refractivity (Wildman–Crippen MR) is 82.7 cm³/mol. The van der Waals surface area contributed by atoms with Crippen LogP contribution in [0.15, 0.2) is 48.5 Å². The SMILES string of the molecule is Cc1ccc(Nc2nc3ccccc3n3nnnc23)cc1.[HH]. The van der Waals surface area contributed by atoms with Gasteiger partial charge in [-0.05, 0) is 41.6 Å². The van der Waals surface area contributed by atoms with Gasteiger partial charge in [-0.25, -0.2) is 4.98 Å². The summed E-state index contributed by atoms with van der Waals surface area (Å²) in [5.41, 5.74) is 4.49. The van der Waals surface area contributed by atoms with Crippen molar-refractivity contribution in [1.29, 1.82) is 0 Å². The Balaban J connectivity index is 0.00000144. The fourth-order valence-corrected chi connectivity index (χ4v) is 2.26. The van der Waals surface area contributed by atoms with Crippen LogP contribution in [0.5, 0.6) is 0 Å². The highest BCUT2D eigenvalue weighted by atomic mass is 15.5. The third-order valence-corrected chi connectivity index (χ3v) is 3.34. The maximum Gasteiger partial charge on any atom is 0.222 e. The molecule has 4 rings (SSSR count). The van der Waals surface area contributed by atoms with Crippen LogP contribution in [0.25, 0.3) is 16.7 Å². The van der Waals surface area contributed by atoms with Crippen LogP contribution >= 0.6 is 0 Å². The molecule has 0 saturated carbocycles. The van der Waals surface area contributed by atoms with Crippen molar-refractivity contribution < 1.29 is 1.43 Å². The van der Waals surface area contributed by atoms with E-state index in [-0.39, 0.29) is 1.43 Å². The fourth-order valence-electron chi connectivity index (χ4n) is 2.26. The van der Waals surface area contributed by atoms with Gasteiger partial charge in [-0.15, -0.1) is 5.10 Å². The van der Waals surface area contributed by atoms with Crippen LogP contribution in [-0.2, 0) is 0 Å². The zero-order chi connectivity index (χ0) is 14.2. The maximum absolute atomic E-state index is 4.62. The van der Waals surface area contributed by atoms with E-state index in [2.05, 4.69) is 32.7 Å². The Hall–Kier alpha value is -3.02. The molecule has 0 aliphatic heterocycles. The highest BCUT2D eigenvalue weighted by Crippen LogP contribution is 2.22. The average Bonchev–Trinajstić information content (AvgIpc) is 3.00. The molecule has 0 unspecified atom stereocenters. The number of para-hydroxylation sites is 2. The van der Waals surface area contributed by atoms with Crippen molar-refractivity contribution in [1.82, 2.24) is 25.0 Å². The molecule has 0 bridgehead atoms. The van der Waals surface area contributed by atoms with Crippen LogP contribution in [0.1, 0.15) is 6.99 Å². The Morgan fingerprint density at radius 1 is 1.05 bits per heavy atom. The molecule has 6 heteroatoms. The van der Waals surface area contributed by atoms with Crippen LogP contribution in [0.3, 0.4) is 0 Å². The lowest BCUT2D eigenvalue weighted by molar-refractivity contribution is 0.841. The number of hydrogen-bond donors (Lipinski definition) is 1. The molecule has 21 heavy (non-hydrogen) atoms. The number of nitrogens with zero attached hydrogens (tertiary/aromatic N) is 5. The third kappa shape index (κ3) is 1.97. The van der Waals surface area contributed by atoms with Gasteiger partial charge >= 0.3 is 0 Å². The number of anilines is 2. The first kappa shape index (κ1) is 11.8. The molecule has 0 amide bonds. The molecule has 0 aliphatic rings. The van der Waals surface area contributed by atoms with Crippen molar-refractivity contribution in [3.8, 4) is 0 Å². The molecule has 0 aliphatic carbocycles. The highest BCUT2D eigenvalue weighted by Gasteiger charge is 2.11. The second-order valence-electron chi connectivity index (χ2n) is 4.85. The normalized spacial score (nSPS) is 11.1. The first-order valence-electron chi connectivity index (χ1n) is 6.62. The first-order valence-corrected chi connectivity index (χ1v) is 6.62. The Morgan fingerprint density at radius 3 is 2.71 bits per heavy atom. The Morgan fingerprint density at radius 2 is 1.86 bits per heavy atom. The van der Waals surface area contributed by atoms with Crippen LogP contribution in [-0.4, -0.2) is 25.0 Å². The lowest BCUT2D eigenvalue weighted by Crippen LogP contribution is -2.01. The Labute approximate surface area is 121 Å². The van der Waals surface area contributed by atoms with E-state index in [0.717, 1.165) is 16.7 Å². The van der Waals surface area contributed by atoms with Crippen molar-refractivity contribution in [3.05, 3.63) is 54.1 Å². The van der Waals surface area contributed by atoms with Crippen molar-refractivity contribution in [2.45, 2.75) is 6.92 Å². The van der Waals surface area contributed by atoms with Crippen LogP contribution in [0, 0.1) is 6.92 Å². The quantitative estimate of drug-likeness (QED) is 0.610. The summed E-state index contributed by atoms with van der Waals surface area (Å²) in [6.45, 7) is 2.05. The molecule has 0 fully saturated rings. The van der Waals surface area contributed by atoms with E-state index in [0.29, 0.717) is 11.5 Å². The van der Waals surface area contributed by atoms with Gasteiger partial charge in [0.15, 0.2) is 5.82 Å². The topological polar surface area (TPSA) is 68.0 Å². The van der Waals surface area contributed by atoms with Gasteiger partial charge in [-0.3, -0.25) is 0 Å². The summed E-state index contributed by atoms with van der Waals surface area (Å²) in [5, 5.41) is 15.1. The molecule has 2 aromatic heterocycles. The van der Waals surface area contributed by atoms with Crippen molar-refractivity contribution in [2.75, 3.05) is 5.32 Å². The summed E-state index contributed by atoms with van der Waals surface area (Å²) < 4.78 is 1.69. The number of fused-ring (bicyclic) bond motifs is 3. The molecular weight excluding hydrogens is 264 g/mol. The standard InChI is InChI=1S/C15H12N6.H2/c1-10-6-8-11(9-7-10)16-14-15-18-19-20-21(15)13-5-3-2-4-12(13)17-14;/h2-9H,1H3,(H,16,17);1H. The molecule has 4 aromatic rings. The van der Waals surface area contributed by atoms with Crippen LogP contribution in [0.4, 0.5) is 11.5 Å². The number of benzene rings is 2. The molecular formula is C15H14N6. The first-order chi connectivity index (χ1) is 10.3. The molecule has 2 aromatic carbocycles. The maximum atomic E-state index is 4.62. The summed E-state index contributed by atoms with van der Waals surface area (Å²) in [6, 6.07) is 15.9. The highest BCUT2D eigenvalue weighted by molar-refractivity contribution is 5.83. The third-order valence-electron chi connectivity index (χ3n) is 3.34. The van der Waals surface area contributed by atoms with E-state index < -0.39 is 0 Å². The summed E-state index contributed by atoms with van der Waals surface area (Å²) in [6.07, 6.45) is 0. The molecule has 2 heterocycles. The van der Waals surface area contributed by atoms with Gasteiger partial charge in [0.25, 0.3) is 0 Å². The van der Waals surface area contributed by atoms with Gasteiger partial charge in [-0.1, -0.05) is 29.8 Å². The molecule has 0 radical (unpaired) electrons. The van der Waals surface area contributed by atoms with Crippen LogP contribution < -0.4 is 5.32 Å². The minimum absolute atomic E-state index is 0. The van der Waals surface area contributed by atoms with Crippen LogP contribution in [0.2, 0.25) is 0 Å². The van der Waals surface area contributed by atoms with E-state index in [1.807, 2.05) is 48.5 Å². The van der Waals surface area contributed by atoms with Gasteiger partial charge < -0.3 is 5.32 Å². The lowest BCUT2D eigenvalue weighted by Gasteiger charge is -2.08. The van der Waals surface area contributed by atoms with E-state index in [4.69, 9.17) is 0 Å². The van der Waals surface area contributed by atoms with Gasteiger partial charge in [0.05, 0.1) is 11.0 Å². The molecule has 1 N–H and O–H groups in total. The number of nitrogens with one attached hydrogen (secondary N) is 1. The summed E-state index contributed by atoms with van der Waals surface area (Å²) in [7, 11) is 0. The van der Waals surface area contributed by atoms with E-state index >= 15 is 0 Å². The van der Waals surface area contributed by atoms with Gasteiger partial charge in [0.2, 0.25) is 5.65 Å². The monoisotopic (exact) mass is 278 g/mol. The zero-order valence-corrected chi connectivity index (χ0v) is 11.4. The summed E-state index contributed by atoms with van der Waals surface area (Å²) in [4.78, 5) is 4.62. The van der Waals surface area contributed by atoms with Gasteiger partial charge in [-0.2, -0.15) is 4.52 Å². The van der Waals surface area contributed by atoms with E-state index in [9.17, 15) is 0 Å². The second-order valence-corrected chi connectivity index (χ2v) is 4.85. The number of aryl methyl sites for hydroxylation is 1. The summed E-state index contributed by atoms with van der Waals surface area (Å²) >= 11 is 0. The van der Waals surface area contributed by atoms with Gasteiger partial charge in [0, 0.05) is 7.11 Å². The molecule has 0 atom stereocenters. The smallest absolute Gasteiger partial charge is 0.222 e. The summed E-state index contributed by atoms with van der Waals surface area (Å²) in [5.74, 6) is 0.641. The predicted octanol–water partition coefficient (Wildman–Crippen LogP) is 2.97. The minimum atomic E-state index is 0. The van der Waals surface area contributed by atoms with Crippen molar-refractivity contribution in [3.63, 3.8) is 0 Å². The van der Waals surface area contributed by atoms with Crippen molar-refractivity contribution in [2.24, 2.45) is 0 Å². The Kier molecular flexibility index (Phi) is 2.53. The molecule has 0 saturated heterocycles. The second kappa shape index (κ2) is 4.52. The zero-order valence-electron chi connectivity index (χ0n) is 11.4. The lowest BCUT2D eigenvalue weighted by atomic mass is 10.2. The van der Waals surface area contributed by atoms with Gasteiger partial charge in [0.1, 0.15) is 0 Å². The molecule has 104 valence electrons. The minimum Gasteiger partial charge on any atom is -0.337 e. The molecule has 0 spiro atoms. The number of tetrazole rings is 1. The number of aromatic nitrogens is 5. The van der Waals surface area contributed by atoms with E-state index in [1.54, 1.807) is 4.52 Å². The average molecular weight is 278 g/mol. The number of hydrogen-bond acceptors (Lipinski definition) is 5. The molecule has 6 nitrogen and oxygen atoms in total. The Bertz CT molecular complexity index is 932. The number of rotatable bonds is 2. The largest absolute Gasteiger partial charge is 0.337 e. The fraction of sp³-hybridized carbons (Fsp3) is 0.0667.